The van der Waals surface area contributed by atoms with Crippen LogP contribution in [0.3, 0.4) is 0 Å². The van der Waals surface area contributed by atoms with E-state index in [1.807, 2.05) is 0 Å². The quantitative estimate of drug-likeness (QED) is 0.571. The third kappa shape index (κ3) is 5.22. The third-order valence-corrected chi connectivity index (χ3v) is 3.06. The number of nitrogens with one attached hydrogen (secondary N) is 1. The Morgan fingerprint density at radius 1 is 1.58 bits per heavy atom. The maximum Gasteiger partial charge on any atom is 0.273 e. The minimum atomic E-state index is -3.42. The van der Waals surface area contributed by atoms with Crippen LogP contribution in [0.4, 0.5) is 5.13 Å². The molecule has 0 radical (unpaired) electrons. The Labute approximate surface area is 114 Å². The minimum Gasteiger partial charge on any atom is -0.392 e. The van der Waals surface area contributed by atoms with Crippen LogP contribution in [0.15, 0.2) is 10.5 Å². The number of sulfonamides is 1. The second kappa shape index (κ2) is 5.97. The molecule has 8 nitrogen and oxygen atoms in total. The van der Waals surface area contributed by atoms with E-state index in [1.165, 1.54) is 5.38 Å². The van der Waals surface area contributed by atoms with Gasteiger partial charge in [0.05, 0.1) is 6.26 Å². The lowest BCUT2D eigenvalue weighted by Crippen LogP contribution is -2.25. The van der Waals surface area contributed by atoms with E-state index < -0.39 is 15.9 Å². The van der Waals surface area contributed by atoms with Gasteiger partial charge in [-0.25, -0.2) is 13.4 Å². The van der Waals surface area contributed by atoms with Gasteiger partial charge in [-0.15, -0.1) is 11.3 Å². The third-order valence-electron chi connectivity index (χ3n) is 1.61. The number of carbonyl (C=O) groups is 1. The van der Waals surface area contributed by atoms with E-state index in [-0.39, 0.29) is 22.6 Å². The predicted molar refractivity (Wildman–Crippen MR) is 72.5 cm³/mol. The molecule has 1 aromatic rings. The smallest absolute Gasteiger partial charge is 0.273 e. The molecule has 0 saturated heterocycles. The summed E-state index contributed by atoms with van der Waals surface area (Å²) >= 11 is 1.01. The van der Waals surface area contributed by atoms with Crippen molar-refractivity contribution in [2.45, 2.75) is 20.0 Å². The molecule has 0 bridgehead atoms. The first-order valence-electron chi connectivity index (χ1n) is 5.16. The van der Waals surface area contributed by atoms with E-state index in [1.54, 1.807) is 13.8 Å². The predicted octanol–water partition coefficient (Wildman–Crippen LogP) is 0.129. The standard InChI is InChI=1S/C9H14N4O4S2/c1-5(2)17-12-7(8(10)14)6-4-18-9(11-6)13-19(3,15)16/h4-5H,1-3H3,(H2,10,14)(H,11,13). The topological polar surface area (TPSA) is 124 Å². The molecule has 1 aromatic heterocycles. The number of amides is 1. The summed E-state index contributed by atoms with van der Waals surface area (Å²) in [5.41, 5.74) is 5.16. The Balaban J connectivity index is 2.99. The molecule has 0 spiro atoms. The summed E-state index contributed by atoms with van der Waals surface area (Å²) in [4.78, 5) is 20.1. The number of nitrogens with zero attached hydrogens (tertiary/aromatic N) is 2. The largest absolute Gasteiger partial charge is 0.392 e. The van der Waals surface area contributed by atoms with E-state index in [0.717, 1.165) is 17.6 Å². The van der Waals surface area contributed by atoms with Gasteiger partial charge >= 0.3 is 0 Å². The molecule has 1 amide bonds. The molecule has 3 N–H and O–H groups in total. The summed E-state index contributed by atoms with van der Waals surface area (Å²) < 4.78 is 24.3. The molecule has 0 aromatic carbocycles. The SMILES string of the molecule is CC(C)ON=C(C(N)=O)c1csc(NS(C)(=O)=O)n1. The summed E-state index contributed by atoms with van der Waals surface area (Å²) in [5.74, 6) is -0.808. The monoisotopic (exact) mass is 306 g/mol. The van der Waals surface area contributed by atoms with Gasteiger partial charge in [0, 0.05) is 5.38 Å². The molecule has 0 saturated carbocycles. The van der Waals surface area contributed by atoms with Crippen molar-refractivity contribution in [3.8, 4) is 0 Å². The normalized spacial score (nSPS) is 12.5. The molecule has 0 atom stereocenters. The minimum absolute atomic E-state index is 0.121. The van der Waals surface area contributed by atoms with Crippen LogP contribution in [0, 0.1) is 0 Å². The van der Waals surface area contributed by atoms with Gasteiger partial charge in [0.1, 0.15) is 11.8 Å². The fraction of sp³-hybridized carbons (Fsp3) is 0.444. The van der Waals surface area contributed by atoms with Crippen molar-refractivity contribution >= 4 is 38.1 Å². The average molecular weight is 306 g/mol. The highest BCUT2D eigenvalue weighted by molar-refractivity contribution is 7.92. The van der Waals surface area contributed by atoms with Crippen LogP contribution in [0.25, 0.3) is 0 Å². The van der Waals surface area contributed by atoms with Crippen LogP contribution in [0.1, 0.15) is 19.5 Å². The van der Waals surface area contributed by atoms with Gasteiger partial charge in [-0.2, -0.15) is 0 Å². The Morgan fingerprint density at radius 3 is 2.68 bits per heavy atom. The number of anilines is 1. The number of carbonyl (C=O) groups excluding carboxylic acids is 1. The van der Waals surface area contributed by atoms with Crippen molar-refractivity contribution in [2.75, 3.05) is 11.0 Å². The Kier molecular flexibility index (Phi) is 4.84. The molecule has 0 unspecified atom stereocenters. The van der Waals surface area contributed by atoms with Crippen molar-refractivity contribution in [1.29, 1.82) is 0 Å². The summed E-state index contributed by atoms with van der Waals surface area (Å²) in [6, 6.07) is 0. The average Bonchev–Trinajstić information content (AvgIpc) is 2.62. The maximum atomic E-state index is 11.2. The number of hydrogen-bond acceptors (Lipinski definition) is 7. The number of primary amides is 1. The second-order valence-electron chi connectivity index (χ2n) is 3.87. The van der Waals surface area contributed by atoms with Crippen LogP contribution in [0.2, 0.25) is 0 Å². The summed E-state index contributed by atoms with van der Waals surface area (Å²) in [7, 11) is -3.42. The molecule has 0 aliphatic carbocycles. The number of nitrogens with two attached hydrogens (primary N) is 1. The van der Waals surface area contributed by atoms with Gasteiger partial charge in [-0.1, -0.05) is 5.16 Å². The lowest BCUT2D eigenvalue weighted by molar-refractivity contribution is -0.112. The molecular weight excluding hydrogens is 292 g/mol. The highest BCUT2D eigenvalue weighted by atomic mass is 32.2. The van der Waals surface area contributed by atoms with Crippen molar-refractivity contribution in [1.82, 2.24) is 4.98 Å². The van der Waals surface area contributed by atoms with Crippen LogP contribution >= 0.6 is 11.3 Å². The van der Waals surface area contributed by atoms with E-state index in [9.17, 15) is 13.2 Å². The van der Waals surface area contributed by atoms with Crippen LogP contribution in [-0.2, 0) is 19.7 Å². The molecular formula is C9H14N4O4S2. The molecule has 0 fully saturated rings. The second-order valence-corrected chi connectivity index (χ2v) is 6.48. The zero-order chi connectivity index (χ0) is 14.6. The van der Waals surface area contributed by atoms with Crippen molar-refractivity contribution in [3.63, 3.8) is 0 Å². The Hall–Kier alpha value is -1.68. The van der Waals surface area contributed by atoms with Gasteiger partial charge < -0.3 is 10.6 Å². The summed E-state index contributed by atoms with van der Waals surface area (Å²) in [5, 5.41) is 5.19. The first-order chi connectivity index (χ1) is 8.69. The lowest BCUT2D eigenvalue weighted by atomic mass is 10.3. The molecule has 0 aliphatic heterocycles. The zero-order valence-electron chi connectivity index (χ0n) is 10.6. The zero-order valence-corrected chi connectivity index (χ0v) is 12.2. The number of oxime groups is 1. The molecule has 106 valence electrons. The van der Waals surface area contributed by atoms with Crippen LogP contribution < -0.4 is 10.5 Å². The lowest BCUT2D eigenvalue weighted by Gasteiger charge is -2.03. The summed E-state index contributed by atoms with van der Waals surface area (Å²) in [6.45, 7) is 3.47. The number of thiazole rings is 1. The number of hydrogen-bond donors (Lipinski definition) is 2. The molecule has 1 rings (SSSR count). The molecule has 1 heterocycles. The Bertz CT molecular complexity index is 591. The van der Waals surface area contributed by atoms with Crippen molar-refractivity contribution in [3.05, 3.63) is 11.1 Å². The first-order valence-corrected chi connectivity index (χ1v) is 7.93. The first kappa shape index (κ1) is 15.4. The maximum absolute atomic E-state index is 11.2. The Morgan fingerprint density at radius 2 is 2.21 bits per heavy atom. The van der Waals surface area contributed by atoms with E-state index in [0.29, 0.717) is 0 Å². The van der Waals surface area contributed by atoms with E-state index >= 15 is 0 Å². The van der Waals surface area contributed by atoms with Gasteiger partial charge in [0.2, 0.25) is 10.0 Å². The summed E-state index contributed by atoms with van der Waals surface area (Å²) in [6.07, 6.45) is 0.778. The fourth-order valence-electron chi connectivity index (χ4n) is 0.964. The van der Waals surface area contributed by atoms with Crippen molar-refractivity contribution in [2.24, 2.45) is 10.9 Å². The highest BCUT2D eigenvalue weighted by Gasteiger charge is 2.17. The fourth-order valence-corrected chi connectivity index (χ4v) is 2.51. The van der Waals surface area contributed by atoms with Crippen molar-refractivity contribution < 1.29 is 18.0 Å². The van der Waals surface area contributed by atoms with E-state index in [2.05, 4.69) is 14.9 Å². The van der Waals surface area contributed by atoms with E-state index in [4.69, 9.17) is 10.6 Å². The van der Waals surface area contributed by atoms with Gasteiger partial charge in [-0.3, -0.25) is 9.52 Å². The van der Waals surface area contributed by atoms with Gasteiger partial charge in [0.25, 0.3) is 5.91 Å². The molecule has 0 aliphatic rings. The van der Waals surface area contributed by atoms with Gasteiger partial charge in [-0.05, 0) is 13.8 Å². The highest BCUT2D eigenvalue weighted by Crippen LogP contribution is 2.17. The van der Waals surface area contributed by atoms with Gasteiger partial charge in [0.15, 0.2) is 10.8 Å². The van der Waals surface area contributed by atoms with Crippen LogP contribution in [-0.4, -0.2) is 37.4 Å². The molecule has 10 heteroatoms. The molecule has 19 heavy (non-hydrogen) atoms. The number of rotatable bonds is 6. The van der Waals surface area contributed by atoms with Crippen LogP contribution in [0.5, 0.6) is 0 Å². The number of aromatic nitrogens is 1.